The third-order valence-electron chi connectivity index (χ3n) is 2.88. The van der Waals surface area contributed by atoms with Gasteiger partial charge in [-0.3, -0.25) is 0 Å². The van der Waals surface area contributed by atoms with E-state index in [4.69, 9.17) is 27.9 Å². The van der Waals surface area contributed by atoms with Crippen LogP contribution in [0.2, 0.25) is 10.0 Å². The van der Waals surface area contributed by atoms with Gasteiger partial charge in [-0.15, -0.1) is 0 Å². The van der Waals surface area contributed by atoms with Gasteiger partial charge in [0.2, 0.25) is 5.88 Å². The van der Waals surface area contributed by atoms with Crippen molar-refractivity contribution in [3.05, 3.63) is 52.1 Å². The molecule has 2 rings (SSSR count). The number of nitrogens with one attached hydrogen (secondary N) is 1. The minimum atomic E-state index is 0.236. The highest BCUT2D eigenvalue weighted by atomic mass is 35.5. The summed E-state index contributed by atoms with van der Waals surface area (Å²) in [7, 11) is 0. The Bertz CT molecular complexity index is 590. The van der Waals surface area contributed by atoms with E-state index in [0.717, 1.165) is 12.1 Å². The van der Waals surface area contributed by atoms with E-state index in [9.17, 15) is 0 Å². The number of pyridine rings is 1. The fraction of sp³-hybridized carbons (Fsp3) is 0.267. The molecule has 1 unspecified atom stereocenters. The Hall–Kier alpha value is -1.29. The molecule has 0 amide bonds. The van der Waals surface area contributed by atoms with E-state index in [1.54, 1.807) is 24.4 Å². The average molecular weight is 311 g/mol. The van der Waals surface area contributed by atoms with Gasteiger partial charge in [0.15, 0.2) is 0 Å². The molecule has 0 bridgehead atoms. The quantitative estimate of drug-likeness (QED) is 0.857. The van der Waals surface area contributed by atoms with Crippen LogP contribution in [0.4, 0.5) is 0 Å². The van der Waals surface area contributed by atoms with Crippen LogP contribution >= 0.6 is 23.2 Å². The molecule has 1 N–H and O–H groups in total. The topological polar surface area (TPSA) is 34.2 Å². The third-order valence-corrected chi connectivity index (χ3v) is 3.42. The van der Waals surface area contributed by atoms with Gasteiger partial charge in [-0.1, -0.05) is 30.1 Å². The molecule has 3 nitrogen and oxygen atoms in total. The fourth-order valence-corrected chi connectivity index (χ4v) is 2.16. The number of benzene rings is 1. The zero-order chi connectivity index (χ0) is 14.5. The van der Waals surface area contributed by atoms with Crippen molar-refractivity contribution in [2.24, 2.45) is 0 Å². The van der Waals surface area contributed by atoms with Crippen molar-refractivity contribution in [3.63, 3.8) is 0 Å². The monoisotopic (exact) mass is 310 g/mol. The molecule has 20 heavy (non-hydrogen) atoms. The van der Waals surface area contributed by atoms with Crippen LogP contribution in [0.3, 0.4) is 0 Å². The van der Waals surface area contributed by atoms with Crippen molar-refractivity contribution in [2.75, 3.05) is 6.54 Å². The number of rotatable bonds is 5. The van der Waals surface area contributed by atoms with Crippen LogP contribution in [0.25, 0.3) is 0 Å². The van der Waals surface area contributed by atoms with Crippen LogP contribution in [0.5, 0.6) is 11.6 Å². The van der Waals surface area contributed by atoms with E-state index in [0.29, 0.717) is 21.7 Å². The van der Waals surface area contributed by atoms with Gasteiger partial charge in [0.25, 0.3) is 0 Å². The Morgan fingerprint density at radius 3 is 2.80 bits per heavy atom. The van der Waals surface area contributed by atoms with Crippen molar-refractivity contribution < 1.29 is 4.74 Å². The minimum absolute atomic E-state index is 0.236. The van der Waals surface area contributed by atoms with E-state index in [2.05, 4.69) is 24.1 Å². The van der Waals surface area contributed by atoms with E-state index in [1.807, 2.05) is 12.1 Å². The van der Waals surface area contributed by atoms with Crippen LogP contribution < -0.4 is 10.1 Å². The largest absolute Gasteiger partial charge is 0.437 e. The van der Waals surface area contributed by atoms with Crippen molar-refractivity contribution >= 4 is 23.2 Å². The first-order valence-corrected chi connectivity index (χ1v) is 7.18. The second-order valence-corrected chi connectivity index (χ2v) is 5.23. The summed E-state index contributed by atoms with van der Waals surface area (Å²) in [5.41, 5.74) is 1.11. The van der Waals surface area contributed by atoms with Gasteiger partial charge in [-0.2, -0.15) is 0 Å². The molecule has 0 aliphatic carbocycles. The molecule has 1 aromatic heterocycles. The zero-order valence-electron chi connectivity index (χ0n) is 11.4. The Kier molecular flexibility index (Phi) is 5.24. The number of halogens is 2. The van der Waals surface area contributed by atoms with Crippen LogP contribution in [0.15, 0.2) is 36.5 Å². The van der Waals surface area contributed by atoms with E-state index >= 15 is 0 Å². The number of hydrogen-bond donors (Lipinski definition) is 1. The van der Waals surface area contributed by atoms with Crippen molar-refractivity contribution in [1.29, 1.82) is 0 Å². The van der Waals surface area contributed by atoms with E-state index < -0.39 is 0 Å². The highest BCUT2D eigenvalue weighted by Gasteiger charge is 2.08. The molecule has 0 fully saturated rings. The lowest BCUT2D eigenvalue weighted by atomic mass is 10.1. The van der Waals surface area contributed by atoms with Crippen LogP contribution in [-0.2, 0) is 0 Å². The molecule has 5 heteroatoms. The molecule has 0 spiro atoms. The molecule has 0 saturated heterocycles. The molecule has 1 atom stereocenters. The van der Waals surface area contributed by atoms with Crippen LogP contribution in [0.1, 0.15) is 25.5 Å². The van der Waals surface area contributed by atoms with Gasteiger partial charge in [-0.25, -0.2) is 4.98 Å². The second kappa shape index (κ2) is 6.93. The van der Waals surface area contributed by atoms with Crippen molar-refractivity contribution in [2.45, 2.75) is 19.9 Å². The van der Waals surface area contributed by atoms with Gasteiger partial charge in [-0.05, 0) is 37.2 Å². The van der Waals surface area contributed by atoms with Gasteiger partial charge in [0.1, 0.15) is 5.75 Å². The smallest absolute Gasteiger partial charge is 0.219 e. The standard InChI is InChI=1S/C15H16Cl2N2O/c1-3-18-10(2)11-6-7-19-15(8-11)20-14-9-12(16)4-5-13(14)17/h4-10,18H,3H2,1-2H3. The molecule has 0 aliphatic rings. The second-order valence-electron chi connectivity index (χ2n) is 4.38. The maximum Gasteiger partial charge on any atom is 0.219 e. The number of nitrogens with zero attached hydrogens (tertiary/aromatic N) is 1. The summed E-state index contributed by atoms with van der Waals surface area (Å²) in [4.78, 5) is 4.20. The molecule has 0 aliphatic heterocycles. The van der Waals surface area contributed by atoms with Gasteiger partial charge >= 0.3 is 0 Å². The highest BCUT2D eigenvalue weighted by molar-refractivity contribution is 6.34. The lowest BCUT2D eigenvalue weighted by molar-refractivity contribution is 0.460. The molecule has 1 heterocycles. The summed E-state index contributed by atoms with van der Waals surface area (Å²) < 4.78 is 5.70. The molecule has 0 saturated carbocycles. The maximum atomic E-state index is 6.07. The summed E-state index contributed by atoms with van der Waals surface area (Å²) in [5, 5.41) is 4.41. The molecular weight excluding hydrogens is 295 g/mol. The third kappa shape index (κ3) is 3.85. The first-order valence-electron chi connectivity index (χ1n) is 6.42. The lowest BCUT2D eigenvalue weighted by Crippen LogP contribution is -2.17. The number of ether oxygens (including phenoxy) is 1. The first kappa shape index (κ1) is 15.1. The first-order chi connectivity index (χ1) is 9.60. The lowest BCUT2D eigenvalue weighted by Gasteiger charge is -2.14. The molecule has 106 valence electrons. The Labute approximate surface area is 128 Å². The normalized spacial score (nSPS) is 12.2. The zero-order valence-corrected chi connectivity index (χ0v) is 12.9. The Balaban J connectivity index is 2.21. The summed E-state index contributed by atoms with van der Waals surface area (Å²) >= 11 is 12.0. The fourth-order valence-electron chi connectivity index (χ4n) is 1.84. The molecule has 0 radical (unpaired) electrons. The SMILES string of the molecule is CCNC(C)c1ccnc(Oc2cc(Cl)ccc2Cl)c1. The predicted molar refractivity (Wildman–Crippen MR) is 82.9 cm³/mol. The van der Waals surface area contributed by atoms with Gasteiger partial charge < -0.3 is 10.1 Å². The van der Waals surface area contributed by atoms with Gasteiger partial charge in [0, 0.05) is 29.4 Å². The summed E-state index contributed by atoms with van der Waals surface area (Å²) in [5.74, 6) is 0.997. The van der Waals surface area contributed by atoms with Crippen LogP contribution in [0, 0.1) is 0 Å². The summed E-state index contributed by atoms with van der Waals surface area (Å²) in [6, 6.07) is 9.18. The van der Waals surface area contributed by atoms with Crippen molar-refractivity contribution in [1.82, 2.24) is 10.3 Å². The summed E-state index contributed by atoms with van der Waals surface area (Å²) in [6.07, 6.45) is 1.72. The maximum absolute atomic E-state index is 6.07. The summed E-state index contributed by atoms with van der Waals surface area (Å²) in [6.45, 7) is 5.07. The molecule has 2 aromatic rings. The van der Waals surface area contributed by atoms with Gasteiger partial charge in [0.05, 0.1) is 5.02 Å². The van der Waals surface area contributed by atoms with Crippen LogP contribution in [-0.4, -0.2) is 11.5 Å². The number of aromatic nitrogens is 1. The van der Waals surface area contributed by atoms with E-state index in [-0.39, 0.29) is 6.04 Å². The Morgan fingerprint density at radius 1 is 1.25 bits per heavy atom. The average Bonchev–Trinajstić information content (AvgIpc) is 2.43. The number of hydrogen-bond acceptors (Lipinski definition) is 3. The molecule has 1 aromatic carbocycles. The predicted octanol–water partition coefficient (Wildman–Crippen LogP) is 4.85. The highest BCUT2D eigenvalue weighted by Crippen LogP contribution is 2.31. The minimum Gasteiger partial charge on any atom is -0.437 e. The molecular formula is C15H16Cl2N2O. The van der Waals surface area contributed by atoms with E-state index in [1.165, 1.54) is 0 Å². The van der Waals surface area contributed by atoms with Crippen molar-refractivity contribution in [3.8, 4) is 11.6 Å². The Morgan fingerprint density at radius 2 is 2.05 bits per heavy atom.